The number of hydrogen-bond donors (Lipinski definition) is 0. The van der Waals surface area contributed by atoms with Gasteiger partial charge in [0.05, 0.1) is 4.92 Å². The first-order valence-electron chi connectivity index (χ1n) is 2.83. The molecule has 0 aliphatic rings. The molecule has 6 nitrogen and oxygen atoms in total. The zero-order chi connectivity index (χ0) is 11.1. The van der Waals surface area contributed by atoms with E-state index in [1.807, 2.05) is 0 Å². The van der Waals surface area contributed by atoms with Gasteiger partial charge in [0.15, 0.2) is 9.23 Å². The van der Waals surface area contributed by atoms with E-state index in [1.54, 1.807) is 0 Å². The normalized spacial score (nSPS) is 10.9. The Labute approximate surface area is 120 Å². The minimum Gasteiger partial charge on any atom is -0.744 e. The molecular formula is C4Cl2NNaO5S2. The monoisotopic (exact) mass is 299 g/mol. The van der Waals surface area contributed by atoms with Gasteiger partial charge < -0.3 is 4.55 Å². The number of nitro groups is 1. The van der Waals surface area contributed by atoms with Crippen molar-refractivity contribution in [3.05, 3.63) is 18.8 Å². The van der Waals surface area contributed by atoms with Gasteiger partial charge >= 0.3 is 35.2 Å². The molecule has 78 valence electrons. The average Bonchev–Trinajstić information content (AvgIpc) is 2.23. The van der Waals surface area contributed by atoms with E-state index in [9.17, 15) is 23.1 Å². The Hall–Kier alpha value is 0.590. The van der Waals surface area contributed by atoms with Crippen LogP contribution in [-0.2, 0) is 10.1 Å². The summed E-state index contributed by atoms with van der Waals surface area (Å²) in [4.78, 5) is 8.24. The molecule has 11 heteroatoms. The van der Waals surface area contributed by atoms with Crippen molar-refractivity contribution in [2.45, 2.75) is 4.90 Å². The second-order valence-corrected chi connectivity index (χ2v) is 5.58. The molecule has 0 saturated carbocycles. The van der Waals surface area contributed by atoms with Gasteiger partial charge in [-0.3, -0.25) is 10.1 Å². The van der Waals surface area contributed by atoms with Gasteiger partial charge in [-0.2, -0.15) is 0 Å². The van der Waals surface area contributed by atoms with Gasteiger partial charge in [0.1, 0.15) is 14.5 Å². The van der Waals surface area contributed by atoms with Gasteiger partial charge in [0, 0.05) is 0 Å². The first kappa shape index (κ1) is 15.6. The Balaban J connectivity index is 0.00000196. The minimum absolute atomic E-state index is 0. The fourth-order valence-corrected chi connectivity index (χ4v) is 3.63. The SMILES string of the molecule is O=[N+]([O-])c1c(Cl)sc(Cl)c1S(=O)(=O)[O-].[Na+]. The van der Waals surface area contributed by atoms with Gasteiger partial charge in [0.2, 0.25) is 0 Å². The second-order valence-electron chi connectivity index (χ2n) is 2.04. The number of rotatable bonds is 2. The molecule has 0 unspecified atom stereocenters. The summed E-state index contributed by atoms with van der Waals surface area (Å²) in [7, 11) is -4.99. The van der Waals surface area contributed by atoms with Crippen LogP contribution >= 0.6 is 34.5 Å². The van der Waals surface area contributed by atoms with Gasteiger partial charge in [-0.15, -0.1) is 11.3 Å². The predicted molar refractivity (Wildman–Crippen MR) is 49.0 cm³/mol. The summed E-state index contributed by atoms with van der Waals surface area (Å²) in [5, 5.41) is 10.4. The topological polar surface area (TPSA) is 100 Å². The Bertz CT molecular complexity index is 497. The summed E-state index contributed by atoms with van der Waals surface area (Å²) in [6.45, 7) is 0. The summed E-state index contributed by atoms with van der Waals surface area (Å²) in [6, 6.07) is 0. The first-order valence-corrected chi connectivity index (χ1v) is 5.81. The first-order chi connectivity index (χ1) is 6.25. The molecule has 0 fully saturated rings. The van der Waals surface area contributed by atoms with Crippen LogP contribution in [0.5, 0.6) is 0 Å². The minimum atomic E-state index is -4.99. The van der Waals surface area contributed by atoms with Gasteiger partial charge in [0.25, 0.3) is 0 Å². The van der Waals surface area contributed by atoms with Crippen LogP contribution in [0, 0.1) is 10.1 Å². The van der Waals surface area contributed by atoms with Gasteiger partial charge in [-0.25, -0.2) is 8.42 Å². The van der Waals surface area contributed by atoms with E-state index in [-0.39, 0.29) is 29.6 Å². The van der Waals surface area contributed by atoms with E-state index in [0.29, 0.717) is 11.3 Å². The van der Waals surface area contributed by atoms with Crippen LogP contribution in [-0.4, -0.2) is 17.9 Å². The van der Waals surface area contributed by atoms with Crippen molar-refractivity contribution >= 4 is 50.3 Å². The molecule has 0 saturated heterocycles. The largest absolute Gasteiger partial charge is 1.00 e. The number of halogens is 2. The van der Waals surface area contributed by atoms with Crippen LogP contribution in [0.25, 0.3) is 0 Å². The van der Waals surface area contributed by atoms with Crippen LogP contribution in [0.1, 0.15) is 0 Å². The third kappa shape index (κ3) is 3.27. The van der Waals surface area contributed by atoms with E-state index in [4.69, 9.17) is 23.2 Å². The Morgan fingerprint density at radius 2 is 1.73 bits per heavy atom. The maximum atomic E-state index is 10.6. The molecule has 0 aliphatic heterocycles. The van der Waals surface area contributed by atoms with Crippen molar-refractivity contribution in [3.63, 3.8) is 0 Å². The van der Waals surface area contributed by atoms with Crippen LogP contribution < -0.4 is 29.6 Å². The van der Waals surface area contributed by atoms with Crippen molar-refractivity contribution in [1.82, 2.24) is 0 Å². The Kier molecular flexibility index (Phi) is 5.49. The molecule has 0 aliphatic carbocycles. The van der Waals surface area contributed by atoms with Crippen molar-refractivity contribution in [2.24, 2.45) is 0 Å². The van der Waals surface area contributed by atoms with E-state index >= 15 is 0 Å². The smallest absolute Gasteiger partial charge is 0.744 e. The quantitative estimate of drug-likeness (QED) is 0.298. The van der Waals surface area contributed by atoms with E-state index in [1.165, 1.54) is 0 Å². The van der Waals surface area contributed by atoms with E-state index in [0.717, 1.165) is 0 Å². The number of nitrogens with zero attached hydrogens (tertiary/aromatic N) is 1. The zero-order valence-corrected chi connectivity index (χ0v) is 12.2. The molecule has 1 aromatic heterocycles. The summed E-state index contributed by atoms with van der Waals surface area (Å²) >= 11 is 11.1. The van der Waals surface area contributed by atoms with Crippen molar-refractivity contribution in [3.8, 4) is 0 Å². The maximum absolute atomic E-state index is 10.6. The third-order valence-electron chi connectivity index (χ3n) is 1.19. The number of thiophene rings is 1. The molecule has 0 atom stereocenters. The van der Waals surface area contributed by atoms with Crippen LogP contribution in [0.2, 0.25) is 8.67 Å². The van der Waals surface area contributed by atoms with Crippen molar-refractivity contribution < 1.29 is 47.5 Å². The summed E-state index contributed by atoms with van der Waals surface area (Å²) in [5.41, 5.74) is -0.961. The van der Waals surface area contributed by atoms with Crippen LogP contribution in [0.4, 0.5) is 5.69 Å². The molecule has 0 amide bonds. The fraction of sp³-hybridized carbons (Fsp3) is 0. The molecule has 1 rings (SSSR count). The van der Waals surface area contributed by atoms with Gasteiger partial charge in [-0.05, 0) is 0 Å². The zero-order valence-electron chi connectivity index (χ0n) is 7.06. The predicted octanol–water partition coefficient (Wildman–Crippen LogP) is -1.13. The standard InChI is InChI=1S/C4HCl2NO5S2.Na/c5-3-1(7(8)9)2(4(6)13-3)14(10,11)12;/h(H,10,11,12);/q;+1/p-1. The van der Waals surface area contributed by atoms with Crippen LogP contribution in [0.15, 0.2) is 4.90 Å². The van der Waals surface area contributed by atoms with Crippen molar-refractivity contribution in [1.29, 1.82) is 0 Å². The average molecular weight is 300 g/mol. The van der Waals surface area contributed by atoms with E-state index in [2.05, 4.69) is 0 Å². The van der Waals surface area contributed by atoms with Gasteiger partial charge in [-0.1, -0.05) is 23.2 Å². The second kappa shape index (κ2) is 5.28. The van der Waals surface area contributed by atoms with Crippen molar-refractivity contribution in [2.75, 3.05) is 0 Å². The Morgan fingerprint density at radius 1 is 1.27 bits per heavy atom. The van der Waals surface area contributed by atoms with E-state index < -0.39 is 34.3 Å². The molecule has 0 aromatic carbocycles. The molecule has 0 N–H and O–H groups in total. The molecule has 0 spiro atoms. The molecule has 1 heterocycles. The molecule has 15 heavy (non-hydrogen) atoms. The Morgan fingerprint density at radius 3 is 2.00 bits per heavy atom. The molecule has 0 radical (unpaired) electrons. The molecular weight excluding hydrogens is 300 g/mol. The summed E-state index contributed by atoms with van der Waals surface area (Å²) in [6.07, 6.45) is 0. The van der Waals surface area contributed by atoms with Crippen LogP contribution in [0.3, 0.4) is 0 Å². The number of hydrogen-bond acceptors (Lipinski definition) is 6. The molecule has 0 bridgehead atoms. The summed E-state index contributed by atoms with van der Waals surface area (Å²) in [5.74, 6) is 0. The maximum Gasteiger partial charge on any atom is 1.00 e. The fourth-order valence-electron chi connectivity index (χ4n) is 0.727. The molecule has 1 aromatic rings. The third-order valence-corrected chi connectivity index (χ3v) is 3.92. The summed E-state index contributed by atoms with van der Waals surface area (Å²) < 4.78 is 30.8.